The topological polar surface area (TPSA) is 92.7 Å². The first-order valence-corrected chi connectivity index (χ1v) is 7.32. The van der Waals surface area contributed by atoms with Gasteiger partial charge in [-0.25, -0.2) is 0 Å². The molecule has 0 fully saturated rings. The van der Waals surface area contributed by atoms with Crippen LogP contribution in [0, 0.1) is 0 Å². The van der Waals surface area contributed by atoms with Crippen molar-refractivity contribution in [1.82, 2.24) is 15.0 Å². The molecule has 8 nitrogen and oxygen atoms in total. The minimum absolute atomic E-state index is 0.145. The fourth-order valence-corrected chi connectivity index (χ4v) is 1.77. The standard InChI is InChI=1S/C16H19N3O5/c1-21-7-8-23-9-10-24-16-18-14(17-15(19-16)22-2)13-5-3-12(11-20)4-6-13/h3-6,11H,7-10H2,1-2H3. The van der Waals surface area contributed by atoms with Gasteiger partial charge in [-0.05, 0) is 0 Å². The molecule has 0 aliphatic rings. The summed E-state index contributed by atoms with van der Waals surface area (Å²) >= 11 is 0. The molecule has 24 heavy (non-hydrogen) atoms. The number of hydrogen-bond donors (Lipinski definition) is 0. The van der Waals surface area contributed by atoms with Crippen molar-refractivity contribution in [3.63, 3.8) is 0 Å². The second-order valence-corrected chi connectivity index (χ2v) is 4.62. The molecular formula is C16H19N3O5. The second-order valence-electron chi connectivity index (χ2n) is 4.62. The van der Waals surface area contributed by atoms with Crippen LogP contribution in [0.2, 0.25) is 0 Å². The van der Waals surface area contributed by atoms with E-state index in [0.29, 0.717) is 37.8 Å². The number of ether oxygens (including phenoxy) is 4. The van der Waals surface area contributed by atoms with E-state index >= 15 is 0 Å². The van der Waals surface area contributed by atoms with Gasteiger partial charge in [0.15, 0.2) is 5.82 Å². The molecule has 0 radical (unpaired) electrons. The Morgan fingerprint density at radius 2 is 1.62 bits per heavy atom. The van der Waals surface area contributed by atoms with E-state index in [0.717, 1.165) is 11.8 Å². The van der Waals surface area contributed by atoms with Gasteiger partial charge in [-0.15, -0.1) is 4.98 Å². The lowest BCUT2D eigenvalue weighted by molar-refractivity contribution is 0.0527. The van der Waals surface area contributed by atoms with Crippen molar-refractivity contribution in [2.45, 2.75) is 0 Å². The van der Waals surface area contributed by atoms with Gasteiger partial charge in [0.2, 0.25) is 0 Å². The summed E-state index contributed by atoms with van der Waals surface area (Å²) in [6, 6.07) is 7.15. The number of aldehydes is 1. The highest BCUT2D eigenvalue weighted by atomic mass is 16.5. The van der Waals surface area contributed by atoms with Crippen molar-refractivity contribution in [2.24, 2.45) is 0 Å². The average molecular weight is 333 g/mol. The lowest BCUT2D eigenvalue weighted by Crippen LogP contribution is -2.12. The summed E-state index contributed by atoms with van der Waals surface area (Å²) in [5.74, 6) is 0.398. The molecule has 2 rings (SSSR count). The molecule has 0 saturated heterocycles. The monoisotopic (exact) mass is 333 g/mol. The molecule has 0 saturated carbocycles. The van der Waals surface area contributed by atoms with Crippen LogP contribution in [0.25, 0.3) is 11.4 Å². The molecule has 1 aromatic heterocycles. The predicted molar refractivity (Wildman–Crippen MR) is 85.4 cm³/mol. The van der Waals surface area contributed by atoms with E-state index in [2.05, 4.69) is 15.0 Å². The Morgan fingerprint density at radius 1 is 0.917 bits per heavy atom. The molecule has 0 aliphatic heterocycles. The second kappa shape index (κ2) is 9.53. The quantitative estimate of drug-likeness (QED) is 0.476. The van der Waals surface area contributed by atoms with Gasteiger partial charge in [0.25, 0.3) is 0 Å². The Hall–Kier alpha value is -2.58. The predicted octanol–water partition coefficient (Wildman–Crippen LogP) is 1.40. The summed E-state index contributed by atoms with van der Waals surface area (Å²) in [6.07, 6.45) is 0.774. The number of carbonyl (C=O) groups is 1. The number of methoxy groups -OCH3 is 2. The van der Waals surface area contributed by atoms with Crippen LogP contribution >= 0.6 is 0 Å². The van der Waals surface area contributed by atoms with E-state index in [1.165, 1.54) is 7.11 Å². The fraction of sp³-hybridized carbons (Fsp3) is 0.375. The van der Waals surface area contributed by atoms with Gasteiger partial charge in [0, 0.05) is 18.2 Å². The van der Waals surface area contributed by atoms with E-state index in [-0.39, 0.29) is 12.0 Å². The number of benzene rings is 1. The summed E-state index contributed by atoms with van der Waals surface area (Å²) in [4.78, 5) is 23.2. The zero-order chi connectivity index (χ0) is 17.2. The van der Waals surface area contributed by atoms with Crippen LogP contribution in [-0.2, 0) is 9.47 Å². The Balaban J connectivity index is 2.04. The van der Waals surface area contributed by atoms with Gasteiger partial charge in [0.05, 0.1) is 26.9 Å². The molecule has 0 atom stereocenters. The highest BCUT2D eigenvalue weighted by Gasteiger charge is 2.10. The zero-order valence-electron chi connectivity index (χ0n) is 13.6. The van der Waals surface area contributed by atoms with Crippen LogP contribution in [0.4, 0.5) is 0 Å². The van der Waals surface area contributed by atoms with Gasteiger partial charge in [-0.1, -0.05) is 24.3 Å². The maximum Gasteiger partial charge on any atom is 0.323 e. The van der Waals surface area contributed by atoms with E-state index in [1.807, 2.05) is 0 Å². The van der Waals surface area contributed by atoms with E-state index in [1.54, 1.807) is 31.4 Å². The average Bonchev–Trinajstić information content (AvgIpc) is 2.64. The number of hydrogen-bond acceptors (Lipinski definition) is 8. The van der Waals surface area contributed by atoms with Crippen molar-refractivity contribution >= 4 is 6.29 Å². The molecule has 0 aliphatic carbocycles. The molecule has 0 spiro atoms. The van der Waals surface area contributed by atoms with Gasteiger partial charge < -0.3 is 18.9 Å². The lowest BCUT2D eigenvalue weighted by Gasteiger charge is -2.08. The summed E-state index contributed by atoms with van der Waals surface area (Å²) < 4.78 is 20.7. The summed E-state index contributed by atoms with van der Waals surface area (Å²) in [5.41, 5.74) is 1.30. The largest absolute Gasteiger partial charge is 0.467 e. The summed E-state index contributed by atoms with van der Waals surface area (Å²) in [6.45, 7) is 1.70. The summed E-state index contributed by atoms with van der Waals surface area (Å²) in [5, 5.41) is 0. The molecule has 1 aromatic carbocycles. The van der Waals surface area contributed by atoms with Crippen molar-refractivity contribution in [3.8, 4) is 23.4 Å². The van der Waals surface area contributed by atoms with Crippen LogP contribution in [0.1, 0.15) is 10.4 Å². The molecule has 0 bridgehead atoms. The molecule has 1 heterocycles. The van der Waals surface area contributed by atoms with Gasteiger partial charge >= 0.3 is 12.0 Å². The maximum atomic E-state index is 10.7. The Kier molecular flexibility index (Phi) is 7.06. The minimum Gasteiger partial charge on any atom is -0.467 e. The first-order valence-electron chi connectivity index (χ1n) is 7.32. The molecule has 128 valence electrons. The Morgan fingerprint density at radius 3 is 2.29 bits per heavy atom. The Labute approximate surface area is 139 Å². The van der Waals surface area contributed by atoms with Gasteiger partial charge in [-0.2, -0.15) is 9.97 Å². The van der Waals surface area contributed by atoms with Crippen LogP contribution < -0.4 is 9.47 Å². The smallest absolute Gasteiger partial charge is 0.323 e. The number of rotatable bonds is 10. The van der Waals surface area contributed by atoms with Crippen LogP contribution in [0.5, 0.6) is 12.0 Å². The highest BCUT2D eigenvalue weighted by molar-refractivity contribution is 5.76. The normalized spacial score (nSPS) is 10.4. The Bertz CT molecular complexity index is 649. The number of carbonyl (C=O) groups excluding carboxylic acids is 1. The third-order valence-electron chi connectivity index (χ3n) is 2.97. The molecular weight excluding hydrogens is 314 g/mol. The molecule has 0 amide bonds. The molecule has 0 N–H and O–H groups in total. The van der Waals surface area contributed by atoms with Crippen LogP contribution in [0.15, 0.2) is 24.3 Å². The fourth-order valence-electron chi connectivity index (χ4n) is 1.77. The van der Waals surface area contributed by atoms with Crippen LogP contribution in [-0.4, -0.2) is 61.9 Å². The van der Waals surface area contributed by atoms with Crippen LogP contribution in [0.3, 0.4) is 0 Å². The van der Waals surface area contributed by atoms with Crippen molar-refractivity contribution in [1.29, 1.82) is 0 Å². The molecule has 2 aromatic rings. The van der Waals surface area contributed by atoms with Crippen molar-refractivity contribution in [3.05, 3.63) is 29.8 Å². The zero-order valence-corrected chi connectivity index (χ0v) is 13.6. The van der Waals surface area contributed by atoms with E-state index < -0.39 is 0 Å². The lowest BCUT2D eigenvalue weighted by atomic mass is 10.1. The first kappa shape index (κ1) is 17.8. The third-order valence-corrected chi connectivity index (χ3v) is 2.97. The number of nitrogens with zero attached hydrogens (tertiary/aromatic N) is 3. The van der Waals surface area contributed by atoms with E-state index in [9.17, 15) is 4.79 Å². The van der Waals surface area contributed by atoms with Gasteiger partial charge in [-0.3, -0.25) is 4.79 Å². The van der Waals surface area contributed by atoms with Gasteiger partial charge in [0.1, 0.15) is 12.9 Å². The SMILES string of the molecule is COCCOCCOc1nc(OC)nc(-c2ccc(C=O)cc2)n1. The van der Waals surface area contributed by atoms with E-state index in [4.69, 9.17) is 18.9 Å². The summed E-state index contributed by atoms with van der Waals surface area (Å²) in [7, 11) is 3.08. The van der Waals surface area contributed by atoms with Crippen molar-refractivity contribution in [2.75, 3.05) is 40.6 Å². The highest BCUT2D eigenvalue weighted by Crippen LogP contribution is 2.19. The van der Waals surface area contributed by atoms with Crippen molar-refractivity contribution < 1.29 is 23.7 Å². The minimum atomic E-state index is 0.145. The molecule has 8 heteroatoms. The first-order chi connectivity index (χ1) is 11.8. The number of aromatic nitrogens is 3. The maximum absolute atomic E-state index is 10.7. The molecule has 0 unspecified atom stereocenters. The third kappa shape index (κ3) is 5.25.